The van der Waals surface area contributed by atoms with Gasteiger partial charge in [0, 0.05) is 56.1 Å². The number of amides is 3. The number of aromatic nitrogens is 2. The van der Waals surface area contributed by atoms with Gasteiger partial charge in [-0.2, -0.15) is 11.8 Å². The highest BCUT2D eigenvalue weighted by Gasteiger charge is 2.32. The van der Waals surface area contributed by atoms with Crippen LogP contribution in [0.15, 0.2) is 41.4 Å². The number of carbonyl (C=O) groups excluding carboxylic acids is 3. The molecule has 0 radical (unpaired) electrons. The van der Waals surface area contributed by atoms with Gasteiger partial charge in [-0.3, -0.25) is 14.6 Å². The van der Waals surface area contributed by atoms with Crippen molar-refractivity contribution in [2.45, 2.75) is 32.2 Å². The van der Waals surface area contributed by atoms with Crippen LogP contribution in [0.5, 0.6) is 0 Å². The van der Waals surface area contributed by atoms with Crippen LogP contribution in [0.25, 0.3) is 22.4 Å². The molecular weight excluding hydrogens is 594 g/mol. The number of hydrogen-bond donors (Lipinski definition) is 4. The minimum atomic E-state index is -0.568. The summed E-state index contributed by atoms with van der Waals surface area (Å²) in [4.78, 5) is 51.8. The maximum Gasteiger partial charge on any atom is 0.409 e. The van der Waals surface area contributed by atoms with E-state index in [0.29, 0.717) is 74.8 Å². The van der Waals surface area contributed by atoms with E-state index in [0.717, 1.165) is 35.5 Å². The highest BCUT2D eigenvalue weighted by molar-refractivity contribution is 7.98. The van der Waals surface area contributed by atoms with Gasteiger partial charge < -0.3 is 41.2 Å². The molecule has 3 heterocycles. The van der Waals surface area contributed by atoms with E-state index in [1.165, 1.54) is 0 Å². The number of guanidine groups is 1. The van der Waals surface area contributed by atoms with Gasteiger partial charge in [0.05, 0.1) is 23.3 Å². The summed E-state index contributed by atoms with van der Waals surface area (Å²) in [6.45, 7) is 4.95. The lowest BCUT2D eigenvalue weighted by Crippen LogP contribution is -2.50. The molecule has 1 unspecified atom stereocenters. The summed E-state index contributed by atoms with van der Waals surface area (Å²) in [6.07, 6.45) is 3.83. The van der Waals surface area contributed by atoms with Crippen LogP contribution in [0.1, 0.15) is 42.6 Å². The second kappa shape index (κ2) is 14.5. The molecular formula is C31H41N9O4S. The van der Waals surface area contributed by atoms with Gasteiger partial charge in [0.2, 0.25) is 5.91 Å². The van der Waals surface area contributed by atoms with E-state index in [1.54, 1.807) is 28.9 Å². The molecule has 5 rings (SSSR count). The molecule has 13 nitrogen and oxygen atoms in total. The minimum Gasteiger partial charge on any atom is -0.450 e. The predicted octanol–water partition coefficient (Wildman–Crippen LogP) is 3.33. The minimum absolute atomic E-state index is 0.0126. The summed E-state index contributed by atoms with van der Waals surface area (Å²) in [5.41, 5.74) is 15.3. The van der Waals surface area contributed by atoms with Crippen LogP contribution in [0.3, 0.4) is 0 Å². The molecule has 1 saturated heterocycles. The lowest BCUT2D eigenvalue weighted by molar-refractivity contribution is -0.119. The van der Waals surface area contributed by atoms with Gasteiger partial charge >= 0.3 is 6.09 Å². The SMILES string of the molecule is CCOC(=O)N1CCN(C(=O)c2ccc3c(c2)nc2n3C(CCCN=C(N)N)C(=O)Nc3ccc(NCCCSC)cc3-2)CC1. The first-order chi connectivity index (χ1) is 21.8. The molecule has 14 heteroatoms. The fourth-order valence-corrected chi connectivity index (χ4v) is 6.14. The van der Waals surface area contributed by atoms with Crippen molar-refractivity contribution in [1.29, 1.82) is 0 Å². The molecule has 6 N–H and O–H groups in total. The number of nitrogens with one attached hydrogen (secondary N) is 2. The van der Waals surface area contributed by atoms with Crippen molar-refractivity contribution in [3.8, 4) is 11.4 Å². The van der Waals surface area contributed by atoms with Crippen molar-refractivity contribution in [3.63, 3.8) is 0 Å². The third kappa shape index (κ3) is 7.27. The van der Waals surface area contributed by atoms with E-state index in [9.17, 15) is 14.4 Å². The van der Waals surface area contributed by atoms with Gasteiger partial charge in [-0.1, -0.05) is 0 Å². The van der Waals surface area contributed by atoms with Crippen LogP contribution in [-0.2, 0) is 9.53 Å². The van der Waals surface area contributed by atoms with Gasteiger partial charge in [-0.15, -0.1) is 0 Å². The van der Waals surface area contributed by atoms with Crippen molar-refractivity contribution in [2.75, 3.05) is 68.5 Å². The number of benzene rings is 2. The summed E-state index contributed by atoms with van der Waals surface area (Å²) in [5, 5.41) is 6.58. The first kappa shape index (κ1) is 31.9. The smallest absolute Gasteiger partial charge is 0.409 e. The number of carbonyl (C=O) groups is 3. The van der Waals surface area contributed by atoms with Gasteiger partial charge in [0.15, 0.2) is 5.96 Å². The third-order valence-electron chi connectivity index (χ3n) is 7.95. The highest BCUT2D eigenvalue weighted by atomic mass is 32.2. The number of imidazole rings is 1. The number of anilines is 2. The number of piperazine rings is 1. The maximum atomic E-state index is 13.7. The van der Waals surface area contributed by atoms with Crippen molar-refractivity contribution in [2.24, 2.45) is 16.5 Å². The fraction of sp³-hybridized carbons (Fsp3) is 0.452. The van der Waals surface area contributed by atoms with Crippen molar-refractivity contribution >= 4 is 58.0 Å². The molecule has 3 amide bonds. The van der Waals surface area contributed by atoms with E-state index in [1.807, 2.05) is 40.6 Å². The van der Waals surface area contributed by atoms with Crippen LogP contribution in [0.2, 0.25) is 0 Å². The van der Waals surface area contributed by atoms with Crippen LogP contribution in [-0.4, -0.2) is 101 Å². The average Bonchev–Trinajstić information content (AvgIpc) is 3.36. The first-order valence-electron chi connectivity index (χ1n) is 15.3. The van der Waals surface area contributed by atoms with E-state index in [-0.39, 0.29) is 23.9 Å². The normalized spacial score (nSPS) is 16.0. The molecule has 2 aromatic carbocycles. The summed E-state index contributed by atoms with van der Waals surface area (Å²) in [5.74, 6) is 1.43. The van der Waals surface area contributed by atoms with E-state index >= 15 is 0 Å². The lowest BCUT2D eigenvalue weighted by Gasteiger charge is -2.34. The van der Waals surface area contributed by atoms with Crippen molar-refractivity contribution < 1.29 is 19.1 Å². The molecule has 0 aliphatic carbocycles. The van der Waals surface area contributed by atoms with Crippen LogP contribution >= 0.6 is 11.8 Å². The Morgan fingerprint density at radius 1 is 1.11 bits per heavy atom. The molecule has 2 aliphatic rings. The second-order valence-corrected chi connectivity index (χ2v) is 12.0. The van der Waals surface area contributed by atoms with Gasteiger partial charge in [0.25, 0.3) is 5.91 Å². The largest absolute Gasteiger partial charge is 0.450 e. The second-order valence-electron chi connectivity index (χ2n) is 11.0. The van der Waals surface area contributed by atoms with Gasteiger partial charge in [-0.25, -0.2) is 9.78 Å². The quantitative estimate of drug-likeness (QED) is 0.140. The average molecular weight is 636 g/mol. The van der Waals surface area contributed by atoms with Gasteiger partial charge in [-0.05, 0) is 74.6 Å². The molecule has 1 fully saturated rings. The number of aliphatic imine (C=N–C) groups is 1. The monoisotopic (exact) mass is 635 g/mol. The molecule has 45 heavy (non-hydrogen) atoms. The Morgan fingerprint density at radius 3 is 2.62 bits per heavy atom. The zero-order valence-corrected chi connectivity index (χ0v) is 26.6. The Kier molecular flexibility index (Phi) is 10.3. The van der Waals surface area contributed by atoms with Crippen molar-refractivity contribution in [1.82, 2.24) is 19.4 Å². The number of fused-ring (bicyclic) bond motifs is 5. The Bertz CT molecular complexity index is 1580. The lowest BCUT2D eigenvalue weighted by atomic mass is 10.1. The number of thioether (sulfide) groups is 1. The molecule has 2 aliphatic heterocycles. The standard InChI is InChI=1S/C31H41N9O4S/c1-3-44-31(43)39-15-13-38(14-16-39)29(42)20-7-10-25-24(18-20)36-27-22-19-21(34-12-5-17-45-2)8-9-23(22)37-28(41)26(40(25)27)6-4-11-35-30(32)33/h7-10,18-19,26,34H,3-6,11-17H2,1-2H3,(H,37,41)(H4,32,33,35). The van der Waals surface area contributed by atoms with Crippen molar-refractivity contribution in [3.05, 3.63) is 42.0 Å². The topological polar surface area (TPSA) is 173 Å². The van der Waals surface area contributed by atoms with E-state index in [4.69, 9.17) is 21.2 Å². The number of nitrogens with two attached hydrogens (primary N) is 2. The van der Waals surface area contributed by atoms with E-state index in [2.05, 4.69) is 21.9 Å². The molecule has 0 bridgehead atoms. The summed E-state index contributed by atoms with van der Waals surface area (Å²) < 4.78 is 7.07. The van der Waals surface area contributed by atoms with E-state index < -0.39 is 6.04 Å². The number of nitrogens with zero attached hydrogens (tertiary/aromatic N) is 5. The molecule has 1 atom stereocenters. The number of ether oxygens (including phenoxy) is 1. The van der Waals surface area contributed by atoms with Crippen LogP contribution in [0.4, 0.5) is 16.2 Å². The summed E-state index contributed by atoms with van der Waals surface area (Å²) in [6, 6.07) is 10.7. The first-order valence-corrected chi connectivity index (χ1v) is 16.7. The Labute approximate surface area is 266 Å². The van der Waals surface area contributed by atoms with Gasteiger partial charge in [0.1, 0.15) is 11.9 Å². The van der Waals surface area contributed by atoms with Crippen LogP contribution < -0.4 is 22.1 Å². The predicted molar refractivity (Wildman–Crippen MR) is 179 cm³/mol. The molecule has 0 spiro atoms. The van der Waals surface area contributed by atoms with Crippen LogP contribution in [0, 0.1) is 0 Å². The molecule has 3 aromatic rings. The Balaban J connectivity index is 1.47. The molecule has 240 valence electrons. The fourth-order valence-electron chi connectivity index (χ4n) is 5.71. The Morgan fingerprint density at radius 2 is 1.89 bits per heavy atom. The third-order valence-corrected chi connectivity index (χ3v) is 8.64. The summed E-state index contributed by atoms with van der Waals surface area (Å²) in [7, 11) is 0. The Hall–Kier alpha value is -4.46. The molecule has 1 aromatic heterocycles. The zero-order chi connectivity index (χ0) is 31.9. The molecule has 0 saturated carbocycles. The highest BCUT2D eigenvalue weighted by Crippen LogP contribution is 2.39. The number of hydrogen-bond acceptors (Lipinski definition) is 8. The zero-order valence-electron chi connectivity index (χ0n) is 25.8. The number of rotatable bonds is 11. The summed E-state index contributed by atoms with van der Waals surface area (Å²) >= 11 is 1.81. The maximum absolute atomic E-state index is 13.7.